The molecule has 3 heterocycles. The normalized spacial score (nSPS) is 17.3. The van der Waals surface area contributed by atoms with Crippen LogP contribution in [0.5, 0.6) is 0 Å². The van der Waals surface area contributed by atoms with Crippen LogP contribution < -0.4 is 25.5 Å². The van der Waals surface area contributed by atoms with Crippen LogP contribution >= 0.6 is 0 Å². The summed E-state index contributed by atoms with van der Waals surface area (Å²) in [6.07, 6.45) is 5.82. The van der Waals surface area contributed by atoms with Crippen molar-refractivity contribution in [1.82, 2.24) is 0 Å². The van der Waals surface area contributed by atoms with Gasteiger partial charge in [-0.3, -0.25) is 0 Å². The number of hydrogen-bond acceptors (Lipinski definition) is 3. The fraction of sp³-hybridized carbons (Fsp3) is 0.284. The molecule has 4 heteroatoms. The highest BCUT2D eigenvalue weighted by Gasteiger charge is 2.52. The van der Waals surface area contributed by atoms with Gasteiger partial charge in [-0.15, -0.1) is 0 Å². The summed E-state index contributed by atoms with van der Waals surface area (Å²) in [4.78, 5) is 8.01. The summed E-state index contributed by atoms with van der Waals surface area (Å²) in [6.45, 7) is 24.3. The summed E-state index contributed by atoms with van der Waals surface area (Å²) in [5.74, 6) is 0. The monoisotopic (exact) mass is 924 g/mol. The predicted octanol–water partition coefficient (Wildman–Crippen LogP) is 16.8. The first-order chi connectivity index (χ1) is 34.1. The van der Waals surface area contributed by atoms with Crippen LogP contribution in [0.1, 0.15) is 133 Å². The van der Waals surface area contributed by atoms with Crippen molar-refractivity contribution >= 4 is 63.3 Å². The van der Waals surface area contributed by atoms with Gasteiger partial charge in [-0.1, -0.05) is 172 Å². The van der Waals surface area contributed by atoms with Gasteiger partial charge in [-0.2, -0.15) is 0 Å². The van der Waals surface area contributed by atoms with E-state index in [-0.39, 0.29) is 28.5 Å². The largest absolute Gasteiger partial charge is 0.376 e. The smallest absolute Gasteiger partial charge is 0.333 e. The van der Waals surface area contributed by atoms with Gasteiger partial charge in [0.05, 0.1) is 5.69 Å². The van der Waals surface area contributed by atoms with E-state index in [0.29, 0.717) is 0 Å². The summed E-state index contributed by atoms with van der Waals surface area (Å²) in [7, 11) is 0. The summed E-state index contributed by atoms with van der Waals surface area (Å²) in [6, 6.07) is 61.5. The number of fused-ring (bicyclic) bond motifs is 11. The molecule has 71 heavy (non-hydrogen) atoms. The Kier molecular flexibility index (Phi) is 9.56. The molecule has 0 aromatic heterocycles. The molecule has 0 saturated heterocycles. The number of unbranched alkanes of at least 4 members (excludes halogenated alkanes) is 1. The maximum Gasteiger partial charge on any atom is 0.333 e. The molecule has 8 aromatic rings. The summed E-state index contributed by atoms with van der Waals surface area (Å²) in [5.41, 5.74) is 28.9. The van der Waals surface area contributed by atoms with Crippen molar-refractivity contribution < 1.29 is 0 Å². The van der Waals surface area contributed by atoms with E-state index < -0.39 is 0 Å². The number of para-hydroxylation sites is 3. The highest BCUT2D eigenvalue weighted by atomic mass is 15.2. The molecule has 0 atom stereocenters. The fourth-order valence-corrected chi connectivity index (χ4v) is 14.0. The quantitative estimate of drug-likeness (QED) is 0.148. The van der Waals surface area contributed by atoms with Gasteiger partial charge in [-0.05, 0) is 170 Å². The summed E-state index contributed by atoms with van der Waals surface area (Å²) < 4.78 is 0. The highest BCUT2D eigenvalue weighted by molar-refractivity contribution is 6.93. The number of aryl methyl sites for hydroxylation is 2. The lowest BCUT2D eigenvalue weighted by Gasteiger charge is -2.51. The van der Waals surface area contributed by atoms with E-state index in [4.69, 9.17) is 0 Å². The van der Waals surface area contributed by atoms with Gasteiger partial charge in [0, 0.05) is 56.2 Å². The minimum atomic E-state index is -0.259. The van der Waals surface area contributed by atoms with Crippen LogP contribution in [-0.4, -0.2) is 6.85 Å². The van der Waals surface area contributed by atoms with Crippen molar-refractivity contribution in [2.24, 2.45) is 0 Å². The van der Waals surface area contributed by atoms with E-state index >= 15 is 0 Å². The molecule has 0 radical (unpaired) electrons. The van der Waals surface area contributed by atoms with E-state index in [0.717, 1.165) is 23.5 Å². The lowest BCUT2D eigenvalue weighted by Crippen LogP contribution is -2.63. The molecule has 0 fully saturated rings. The van der Waals surface area contributed by atoms with Crippen LogP contribution in [0.2, 0.25) is 0 Å². The van der Waals surface area contributed by atoms with Crippen molar-refractivity contribution in [2.45, 2.75) is 123 Å². The zero-order chi connectivity index (χ0) is 48.9. The first-order valence-electron chi connectivity index (χ1n) is 26.5. The fourth-order valence-electron chi connectivity index (χ4n) is 14.0. The zero-order valence-electron chi connectivity index (χ0n) is 43.5. The standard InChI is InChI=1S/C67H66BN3/c1-11-12-21-43-30-32-45(33-31-43)69(44-22-14-13-15-23-44)46-39-49-60-57(35-34-48-47-24-16-17-25-50(47)67(9,10)61(48)60)71(58-41-54-53(38-42(58)2)64(3,4)36-37-65(54,5)6)68-55-28-20-27-52-63(55)70(59(40-46)62(49)68)56-29-19-18-26-51(56)66(52,7)8/h13-20,22-35,38-41H,11-12,21,36-37H2,1-10H3. The molecular formula is C67H66BN3. The second-order valence-electron chi connectivity index (χ2n) is 23.9. The van der Waals surface area contributed by atoms with Gasteiger partial charge in [0.15, 0.2) is 0 Å². The van der Waals surface area contributed by atoms with Gasteiger partial charge in [0.1, 0.15) is 0 Å². The van der Waals surface area contributed by atoms with E-state index in [9.17, 15) is 0 Å². The van der Waals surface area contributed by atoms with E-state index in [2.05, 4.69) is 242 Å². The Labute approximate surface area is 423 Å². The Balaban J connectivity index is 1.18. The minimum absolute atomic E-state index is 0.0452. The van der Waals surface area contributed by atoms with Gasteiger partial charge in [-0.25, -0.2) is 0 Å². The third kappa shape index (κ3) is 6.22. The number of nitrogens with zero attached hydrogens (tertiary/aromatic N) is 3. The highest BCUT2D eigenvalue weighted by Crippen LogP contribution is 2.61. The number of anilines is 8. The Morgan fingerprint density at radius 1 is 0.507 bits per heavy atom. The Morgan fingerprint density at radius 3 is 1.92 bits per heavy atom. The molecule has 0 amide bonds. The SMILES string of the molecule is CCCCc1ccc(N(c2ccccc2)c2cc3c4c(c2)N2c5ccccc5C(C)(C)c5cccc(c52)B4N(c2cc4c(cc2C)C(C)(C)CCC4(C)C)c2ccc4c(c2-3)C(C)(C)c2ccccc2-4)cc1. The van der Waals surface area contributed by atoms with Crippen molar-refractivity contribution in [1.29, 1.82) is 0 Å². The van der Waals surface area contributed by atoms with Crippen LogP contribution in [0.4, 0.5) is 45.5 Å². The van der Waals surface area contributed by atoms with Crippen LogP contribution in [0, 0.1) is 6.92 Å². The molecular weight excluding hydrogens is 858 g/mol. The van der Waals surface area contributed by atoms with E-state index in [1.807, 2.05) is 0 Å². The molecule has 13 rings (SSSR count). The molecule has 0 saturated carbocycles. The molecule has 2 aliphatic carbocycles. The van der Waals surface area contributed by atoms with E-state index in [1.165, 1.54) is 132 Å². The average molecular weight is 924 g/mol. The first-order valence-corrected chi connectivity index (χ1v) is 26.5. The molecule has 3 nitrogen and oxygen atoms in total. The van der Waals surface area contributed by atoms with Crippen LogP contribution in [0.25, 0.3) is 22.3 Å². The summed E-state index contributed by atoms with van der Waals surface area (Å²) >= 11 is 0. The van der Waals surface area contributed by atoms with Gasteiger partial charge >= 0.3 is 6.85 Å². The van der Waals surface area contributed by atoms with Crippen LogP contribution in [0.3, 0.4) is 0 Å². The van der Waals surface area contributed by atoms with Crippen molar-refractivity contribution in [3.05, 3.63) is 202 Å². The molecule has 352 valence electrons. The summed E-state index contributed by atoms with van der Waals surface area (Å²) in [5, 5.41) is 0. The Bertz CT molecular complexity index is 3500. The van der Waals surface area contributed by atoms with Crippen molar-refractivity contribution in [2.75, 3.05) is 14.6 Å². The number of benzene rings is 8. The molecule has 3 aliphatic heterocycles. The van der Waals surface area contributed by atoms with Gasteiger partial charge < -0.3 is 14.6 Å². The molecule has 5 aliphatic rings. The first kappa shape index (κ1) is 44.2. The molecule has 0 bridgehead atoms. The minimum Gasteiger partial charge on any atom is -0.376 e. The molecule has 0 unspecified atom stereocenters. The second kappa shape index (κ2) is 15.4. The van der Waals surface area contributed by atoms with Gasteiger partial charge in [0.25, 0.3) is 0 Å². The third-order valence-corrected chi connectivity index (χ3v) is 17.9. The lowest BCUT2D eigenvalue weighted by atomic mass is 9.42. The molecule has 0 spiro atoms. The van der Waals surface area contributed by atoms with Gasteiger partial charge in [0.2, 0.25) is 0 Å². The van der Waals surface area contributed by atoms with Crippen molar-refractivity contribution in [3.63, 3.8) is 0 Å². The Hall–Kier alpha value is -6.78. The lowest BCUT2D eigenvalue weighted by molar-refractivity contribution is 0.332. The second-order valence-corrected chi connectivity index (χ2v) is 23.9. The Morgan fingerprint density at radius 2 is 1.17 bits per heavy atom. The molecule has 0 N–H and O–H groups in total. The maximum atomic E-state index is 2.82. The van der Waals surface area contributed by atoms with Crippen LogP contribution in [-0.2, 0) is 28.1 Å². The maximum absolute atomic E-state index is 2.82. The number of hydrogen-bond donors (Lipinski definition) is 0. The van der Waals surface area contributed by atoms with Crippen molar-refractivity contribution in [3.8, 4) is 22.3 Å². The number of rotatable bonds is 7. The van der Waals surface area contributed by atoms with E-state index in [1.54, 1.807) is 0 Å². The third-order valence-electron chi connectivity index (χ3n) is 17.9. The zero-order valence-corrected chi connectivity index (χ0v) is 43.5. The molecule has 8 aromatic carbocycles. The predicted molar refractivity (Wildman–Crippen MR) is 303 cm³/mol. The van der Waals surface area contributed by atoms with Crippen LogP contribution in [0.15, 0.2) is 158 Å². The topological polar surface area (TPSA) is 9.72 Å². The average Bonchev–Trinajstić information content (AvgIpc) is 3.60.